The Morgan fingerprint density at radius 1 is 1.24 bits per heavy atom. The van der Waals surface area contributed by atoms with E-state index >= 15 is 0 Å². The molecule has 94 valence electrons. The van der Waals surface area contributed by atoms with Crippen LogP contribution in [0.15, 0.2) is 24.3 Å². The number of carbonyl (C=O) groups excluding carboxylic acids is 1. The molecule has 0 unspecified atom stereocenters. The Hall–Kier alpha value is -1.51. The summed E-state index contributed by atoms with van der Waals surface area (Å²) in [4.78, 5) is 14.0. The molecule has 0 aliphatic carbocycles. The molecule has 1 amide bonds. The van der Waals surface area contributed by atoms with Crippen LogP contribution in [-0.2, 0) is 4.79 Å². The Kier molecular flexibility index (Phi) is 4.16. The van der Waals surface area contributed by atoms with Gasteiger partial charge in [-0.25, -0.2) is 0 Å². The maximum Gasteiger partial charge on any atom is 0.230 e. The maximum atomic E-state index is 12.0. The fourth-order valence-corrected chi connectivity index (χ4v) is 1.30. The molecule has 0 spiro atoms. The molecule has 0 heterocycles. The van der Waals surface area contributed by atoms with Gasteiger partial charge in [-0.1, -0.05) is 20.8 Å². The van der Waals surface area contributed by atoms with Gasteiger partial charge in [-0.05, 0) is 30.7 Å². The third-order valence-corrected chi connectivity index (χ3v) is 3.14. The standard InChI is InChI=1S/C14H22N2O/c1-6-14(2,3)13(17)15-11-7-9-12(10-8-11)16(4)5/h7-10H,6H2,1-5H3,(H,15,17). The number of nitrogens with one attached hydrogen (secondary N) is 1. The molecule has 3 heteroatoms. The van der Waals surface area contributed by atoms with Gasteiger partial charge in [0, 0.05) is 30.9 Å². The Morgan fingerprint density at radius 3 is 2.18 bits per heavy atom. The van der Waals surface area contributed by atoms with Gasteiger partial charge < -0.3 is 10.2 Å². The number of carbonyl (C=O) groups is 1. The minimum Gasteiger partial charge on any atom is -0.378 e. The highest BCUT2D eigenvalue weighted by atomic mass is 16.2. The number of benzene rings is 1. The van der Waals surface area contributed by atoms with E-state index in [-0.39, 0.29) is 11.3 Å². The summed E-state index contributed by atoms with van der Waals surface area (Å²) >= 11 is 0. The predicted octanol–water partition coefficient (Wildman–Crippen LogP) is 3.13. The molecular weight excluding hydrogens is 212 g/mol. The van der Waals surface area contributed by atoms with Gasteiger partial charge in [0.2, 0.25) is 5.91 Å². The van der Waals surface area contributed by atoms with Crippen LogP contribution in [0.25, 0.3) is 0 Å². The summed E-state index contributed by atoms with van der Waals surface area (Å²) < 4.78 is 0. The second-order valence-electron chi connectivity index (χ2n) is 5.13. The topological polar surface area (TPSA) is 32.3 Å². The maximum absolute atomic E-state index is 12.0. The van der Waals surface area contributed by atoms with Crippen molar-refractivity contribution in [1.29, 1.82) is 0 Å². The molecule has 0 bridgehead atoms. The molecule has 0 radical (unpaired) electrons. The van der Waals surface area contributed by atoms with Crippen LogP contribution < -0.4 is 10.2 Å². The summed E-state index contributed by atoms with van der Waals surface area (Å²) in [5.41, 5.74) is 1.65. The summed E-state index contributed by atoms with van der Waals surface area (Å²) in [5, 5.41) is 2.94. The normalized spacial score (nSPS) is 11.1. The van der Waals surface area contributed by atoms with Crippen molar-refractivity contribution in [2.24, 2.45) is 5.41 Å². The zero-order valence-corrected chi connectivity index (χ0v) is 11.4. The van der Waals surface area contributed by atoms with Gasteiger partial charge in [-0.15, -0.1) is 0 Å². The number of hydrogen-bond donors (Lipinski definition) is 1. The summed E-state index contributed by atoms with van der Waals surface area (Å²) in [5.74, 6) is 0.0672. The van der Waals surface area contributed by atoms with Crippen molar-refractivity contribution >= 4 is 17.3 Å². The van der Waals surface area contributed by atoms with E-state index < -0.39 is 0 Å². The first-order valence-electron chi connectivity index (χ1n) is 5.95. The van der Waals surface area contributed by atoms with Crippen LogP contribution in [0.1, 0.15) is 27.2 Å². The third-order valence-electron chi connectivity index (χ3n) is 3.14. The molecule has 0 aliphatic heterocycles. The second kappa shape index (κ2) is 5.21. The van der Waals surface area contributed by atoms with Crippen LogP contribution in [-0.4, -0.2) is 20.0 Å². The SMILES string of the molecule is CCC(C)(C)C(=O)Nc1ccc(N(C)C)cc1. The van der Waals surface area contributed by atoms with Gasteiger partial charge in [0.1, 0.15) is 0 Å². The van der Waals surface area contributed by atoms with Crippen molar-refractivity contribution < 1.29 is 4.79 Å². The number of rotatable bonds is 4. The van der Waals surface area contributed by atoms with Gasteiger partial charge in [-0.2, -0.15) is 0 Å². The largest absolute Gasteiger partial charge is 0.378 e. The van der Waals surface area contributed by atoms with Crippen LogP contribution in [0.5, 0.6) is 0 Å². The molecule has 0 saturated heterocycles. The van der Waals surface area contributed by atoms with E-state index in [9.17, 15) is 4.79 Å². The van der Waals surface area contributed by atoms with Gasteiger partial charge in [0.05, 0.1) is 0 Å². The fraction of sp³-hybridized carbons (Fsp3) is 0.500. The summed E-state index contributed by atoms with van der Waals surface area (Å²) in [7, 11) is 3.99. The summed E-state index contributed by atoms with van der Waals surface area (Å²) in [6.07, 6.45) is 0.828. The Labute approximate surface area is 104 Å². The highest BCUT2D eigenvalue weighted by molar-refractivity contribution is 5.94. The highest BCUT2D eigenvalue weighted by Crippen LogP contribution is 2.23. The van der Waals surface area contributed by atoms with Crippen molar-refractivity contribution in [3.63, 3.8) is 0 Å². The Bertz CT molecular complexity index is 380. The number of anilines is 2. The molecule has 1 rings (SSSR count). The first-order valence-corrected chi connectivity index (χ1v) is 5.95. The Morgan fingerprint density at radius 2 is 1.76 bits per heavy atom. The van der Waals surface area contributed by atoms with E-state index in [1.807, 2.05) is 64.0 Å². The zero-order chi connectivity index (χ0) is 13.1. The average molecular weight is 234 g/mol. The second-order valence-corrected chi connectivity index (χ2v) is 5.13. The molecule has 0 aliphatic rings. The lowest BCUT2D eigenvalue weighted by Crippen LogP contribution is -2.29. The molecule has 0 aromatic heterocycles. The van der Waals surface area contributed by atoms with Crippen molar-refractivity contribution in [2.75, 3.05) is 24.3 Å². The molecule has 0 saturated carbocycles. The van der Waals surface area contributed by atoms with E-state index in [4.69, 9.17) is 0 Å². The molecule has 1 aromatic carbocycles. The van der Waals surface area contributed by atoms with Crippen LogP contribution in [0.3, 0.4) is 0 Å². The van der Waals surface area contributed by atoms with Gasteiger partial charge in [0.25, 0.3) is 0 Å². The third kappa shape index (κ3) is 3.48. The van der Waals surface area contributed by atoms with Gasteiger partial charge in [0.15, 0.2) is 0 Å². The molecular formula is C14H22N2O. The summed E-state index contributed by atoms with van der Waals surface area (Å²) in [6.45, 7) is 5.93. The summed E-state index contributed by atoms with van der Waals surface area (Å²) in [6, 6.07) is 7.85. The molecule has 0 atom stereocenters. The predicted molar refractivity (Wildman–Crippen MR) is 73.5 cm³/mol. The van der Waals surface area contributed by atoms with Crippen LogP contribution >= 0.6 is 0 Å². The Balaban J connectivity index is 2.73. The zero-order valence-electron chi connectivity index (χ0n) is 11.4. The minimum absolute atomic E-state index is 0.0672. The van der Waals surface area contributed by atoms with Crippen molar-refractivity contribution in [1.82, 2.24) is 0 Å². The first-order chi connectivity index (χ1) is 7.86. The molecule has 1 aromatic rings. The van der Waals surface area contributed by atoms with E-state index in [0.717, 1.165) is 17.8 Å². The lowest BCUT2D eigenvalue weighted by molar-refractivity contribution is -0.124. The van der Waals surface area contributed by atoms with Gasteiger partial charge in [-0.3, -0.25) is 4.79 Å². The molecule has 3 nitrogen and oxygen atoms in total. The number of nitrogens with zero attached hydrogens (tertiary/aromatic N) is 1. The average Bonchev–Trinajstić information content (AvgIpc) is 2.29. The fourth-order valence-electron chi connectivity index (χ4n) is 1.30. The van der Waals surface area contributed by atoms with E-state index in [2.05, 4.69) is 5.32 Å². The van der Waals surface area contributed by atoms with Crippen LogP contribution in [0.4, 0.5) is 11.4 Å². The molecule has 0 fully saturated rings. The molecule has 1 N–H and O–H groups in total. The van der Waals surface area contributed by atoms with E-state index in [0.29, 0.717) is 0 Å². The van der Waals surface area contributed by atoms with Crippen molar-refractivity contribution in [3.05, 3.63) is 24.3 Å². The van der Waals surface area contributed by atoms with Crippen LogP contribution in [0.2, 0.25) is 0 Å². The highest BCUT2D eigenvalue weighted by Gasteiger charge is 2.25. The lowest BCUT2D eigenvalue weighted by Gasteiger charge is -2.21. The number of hydrogen-bond acceptors (Lipinski definition) is 2. The smallest absolute Gasteiger partial charge is 0.230 e. The monoisotopic (exact) mass is 234 g/mol. The van der Waals surface area contributed by atoms with E-state index in [1.165, 1.54) is 0 Å². The van der Waals surface area contributed by atoms with Crippen LogP contribution in [0, 0.1) is 5.41 Å². The molecule has 17 heavy (non-hydrogen) atoms. The lowest BCUT2D eigenvalue weighted by atomic mass is 9.89. The first kappa shape index (κ1) is 13.6. The van der Waals surface area contributed by atoms with Crippen molar-refractivity contribution in [2.45, 2.75) is 27.2 Å². The van der Waals surface area contributed by atoms with Gasteiger partial charge >= 0.3 is 0 Å². The van der Waals surface area contributed by atoms with Crippen molar-refractivity contribution in [3.8, 4) is 0 Å². The van der Waals surface area contributed by atoms with E-state index in [1.54, 1.807) is 0 Å². The quantitative estimate of drug-likeness (QED) is 0.868. The number of amides is 1. The minimum atomic E-state index is -0.319.